The molecule has 6 nitrogen and oxygen atoms in total. The van der Waals surface area contributed by atoms with E-state index in [1.165, 1.54) is 0 Å². The summed E-state index contributed by atoms with van der Waals surface area (Å²) in [6.07, 6.45) is 1.51. The Kier molecular flexibility index (Phi) is 2.50. The number of hydrogen-bond donors (Lipinski definition) is 2. The van der Waals surface area contributed by atoms with Crippen molar-refractivity contribution in [2.75, 3.05) is 11.6 Å². The maximum Gasteiger partial charge on any atom is 0.225 e. The van der Waals surface area contributed by atoms with Gasteiger partial charge in [0, 0.05) is 23.8 Å². The van der Waals surface area contributed by atoms with E-state index < -0.39 is 9.84 Å². The number of carbonyl (C=O) groups excluding carboxylic acids is 1. The smallest absolute Gasteiger partial charge is 0.225 e. The molecule has 0 unspecified atom stereocenters. The summed E-state index contributed by atoms with van der Waals surface area (Å²) in [6, 6.07) is 3.58. The van der Waals surface area contributed by atoms with Crippen LogP contribution in [0.5, 0.6) is 0 Å². The monoisotopic (exact) mass is 293 g/mol. The maximum absolute atomic E-state index is 11.7. The van der Waals surface area contributed by atoms with Gasteiger partial charge in [-0.1, -0.05) is 13.8 Å². The Hall–Kier alpha value is -1.89. The van der Waals surface area contributed by atoms with Crippen molar-refractivity contribution in [2.24, 2.45) is 0 Å². The summed E-state index contributed by atoms with van der Waals surface area (Å²) in [5.74, 6) is -0.0410. The Morgan fingerprint density at radius 3 is 2.65 bits per heavy atom. The first-order valence-electron chi connectivity index (χ1n) is 6.21. The van der Waals surface area contributed by atoms with Gasteiger partial charge in [-0.25, -0.2) is 13.4 Å². The second-order valence-electron chi connectivity index (χ2n) is 5.84. The van der Waals surface area contributed by atoms with Crippen LogP contribution < -0.4 is 5.32 Å². The summed E-state index contributed by atoms with van der Waals surface area (Å²) in [6.45, 7) is 3.98. The van der Waals surface area contributed by atoms with E-state index in [1.54, 1.807) is 6.07 Å². The van der Waals surface area contributed by atoms with E-state index in [1.807, 2.05) is 19.9 Å². The Balaban J connectivity index is 2.27. The number of rotatable bonds is 1. The van der Waals surface area contributed by atoms with Crippen molar-refractivity contribution in [3.63, 3.8) is 0 Å². The van der Waals surface area contributed by atoms with Crippen molar-refractivity contribution in [2.45, 2.75) is 30.8 Å². The topological polar surface area (TPSA) is 91.9 Å². The molecule has 1 aromatic carbocycles. The van der Waals surface area contributed by atoms with Crippen molar-refractivity contribution in [1.82, 2.24) is 9.97 Å². The van der Waals surface area contributed by atoms with Crippen LogP contribution in [0.15, 0.2) is 17.3 Å². The van der Waals surface area contributed by atoms with Gasteiger partial charge in [-0.2, -0.15) is 0 Å². The minimum Gasteiger partial charge on any atom is -0.329 e. The summed E-state index contributed by atoms with van der Waals surface area (Å²) in [4.78, 5) is 18.6. The summed E-state index contributed by atoms with van der Waals surface area (Å²) in [5, 5.41) is 2.76. The maximum atomic E-state index is 11.7. The summed E-state index contributed by atoms with van der Waals surface area (Å²) < 4.78 is 23.1. The SMILES string of the molecule is CC1(C)CC(=O)Nc2cc3nc(S(C)(=O)=O)[nH]c3cc21. The van der Waals surface area contributed by atoms with E-state index >= 15 is 0 Å². The molecule has 0 saturated carbocycles. The van der Waals surface area contributed by atoms with Crippen molar-refractivity contribution < 1.29 is 13.2 Å². The van der Waals surface area contributed by atoms with Crippen molar-refractivity contribution >= 4 is 32.5 Å². The van der Waals surface area contributed by atoms with Gasteiger partial charge in [0.2, 0.25) is 20.9 Å². The van der Waals surface area contributed by atoms with Crippen LogP contribution in [0.2, 0.25) is 0 Å². The van der Waals surface area contributed by atoms with Crippen LogP contribution in [-0.4, -0.2) is 30.5 Å². The van der Waals surface area contributed by atoms with E-state index in [-0.39, 0.29) is 16.5 Å². The van der Waals surface area contributed by atoms with E-state index in [4.69, 9.17) is 0 Å². The summed E-state index contributed by atoms with van der Waals surface area (Å²) >= 11 is 0. The molecular formula is C13H15N3O3S. The fourth-order valence-corrected chi connectivity index (χ4v) is 3.12. The number of benzene rings is 1. The Labute approximate surface area is 116 Å². The van der Waals surface area contributed by atoms with Gasteiger partial charge in [0.05, 0.1) is 11.0 Å². The number of amides is 1. The van der Waals surface area contributed by atoms with Gasteiger partial charge in [0.1, 0.15) is 0 Å². The number of fused-ring (bicyclic) bond motifs is 2. The number of sulfone groups is 1. The second kappa shape index (κ2) is 3.82. The van der Waals surface area contributed by atoms with Crippen LogP contribution >= 0.6 is 0 Å². The molecule has 2 aromatic rings. The molecule has 0 bridgehead atoms. The minimum absolute atomic E-state index is 0.0410. The van der Waals surface area contributed by atoms with Crippen LogP contribution in [0.25, 0.3) is 11.0 Å². The molecule has 0 fully saturated rings. The molecule has 1 amide bonds. The molecule has 0 atom stereocenters. The van der Waals surface area contributed by atoms with Gasteiger partial charge in [-0.15, -0.1) is 0 Å². The lowest BCUT2D eigenvalue weighted by Crippen LogP contribution is -2.32. The predicted molar refractivity (Wildman–Crippen MR) is 75.5 cm³/mol. The lowest BCUT2D eigenvalue weighted by molar-refractivity contribution is -0.117. The number of H-pyrrole nitrogens is 1. The molecule has 0 aliphatic carbocycles. The van der Waals surface area contributed by atoms with Gasteiger partial charge in [0.25, 0.3) is 0 Å². The zero-order valence-corrected chi connectivity index (χ0v) is 12.3. The van der Waals surface area contributed by atoms with E-state index in [2.05, 4.69) is 15.3 Å². The quantitative estimate of drug-likeness (QED) is 0.835. The molecule has 3 rings (SSSR count). The second-order valence-corrected chi connectivity index (χ2v) is 7.77. The molecule has 2 heterocycles. The lowest BCUT2D eigenvalue weighted by atomic mass is 9.78. The number of aromatic nitrogens is 2. The number of nitrogens with one attached hydrogen (secondary N) is 2. The van der Waals surface area contributed by atoms with Gasteiger partial charge in [0.15, 0.2) is 0 Å². The Bertz CT molecular complexity index is 834. The number of hydrogen-bond acceptors (Lipinski definition) is 4. The highest BCUT2D eigenvalue weighted by Crippen LogP contribution is 2.39. The van der Waals surface area contributed by atoms with Crippen molar-refractivity contribution in [3.8, 4) is 0 Å². The van der Waals surface area contributed by atoms with Crippen LogP contribution in [-0.2, 0) is 20.0 Å². The number of nitrogens with zero attached hydrogens (tertiary/aromatic N) is 1. The molecule has 2 N–H and O–H groups in total. The molecule has 1 aliphatic heterocycles. The Morgan fingerprint density at radius 2 is 2.00 bits per heavy atom. The molecule has 20 heavy (non-hydrogen) atoms. The zero-order valence-electron chi connectivity index (χ0n) is 11.4. The molecule has 106 valence electrons. The highest BCUT2D eigenvalue weighted by Gasteiger charge is 2.32. The zero-order chi connectivity index (χ0) is 14.7. The highest BCUT2D eigenvalue weighted by molar-refractivity contribution is 7.90. The van der Waals surface area contributed by atoms with Crippen molar-refractivity contribution in [1.29, 1.82) is 0 Å². The fraction of sp³-hybridized carbons (Fsp3) is 0.385. The van der Waals surface area contributed by atoms with Gasteiger partial charge in [-0.3, -0.25) is 4.79 Å². The fourth-order valence-electron chi connectivity index (χ4n) is 2.56. The molecule has 1 aliphatic rings. The largest absolute Gasteiger partial charge is 0.329 e. The third-order valence-electron chi connectivity index (χ3n) is 3.56. The average Bonchev–Trinajstić information content (AvgIpc) is 2.68. The van der Waals surface area contributed by atoms with Crippen LogP contribution in [0.3, 0.4) is 0 Å². The normalized spacial score (nSPS) is 17.9. The first-order valence-corrected chi connectivity index (χ1v) is 8.10. The predicted octanol–water partition coefficient (Wildman–Crippen LogP) is 1.59. The molecule has 0 radical (unpaired) electrons. The lowest BCUT2D eigenvalue weighted by Gasteiger charge is -2.31. The van der Waals surface area contributed by atoms with Gasteiger partial charge >= 0.3 is 0 Å². The van der Waals surface area contributed by atoms with Crippen molar-refractivity contribution in [3.05, 3.63) is 17.7 Å². The average molecular weight is 293 g/mol. The summed E-state index contributed by atoms with van der Waals surface area (Å²) in [5.41, 5.74) is 2.58. The molecular weight excluding hydrogens is 278 g/mol. The van der Waals surface area contributed by atoms with E-state index in [0.717, 1.165) is 11.8 Å². The van der Waals surface area contributed by atoms with Crippen LogP contribution in [0.4, 0.5) is 5.69 Å². The molecule has 0 saturated heterocycles. The van der Waals surface area contributed by atoms with Gasteiger partial charge < -0.3 is 10.3 Å². The van der Waals surface area contributed by atoms with E-state index in [9.17, 15) is 13.2 Å². The first-order chi connectivity index (χ1) is 9.17. The third-order valence-corrected chi connectivity index (χ3v) is 4.45. The molecule has 1 aromatic heterocycles. The Morgan fingerprint density at radius 1 is 1.30 bits per heavy atom. The minimum atomic E-state index is -3.38. The third kappa shape index (κ3) is 1.98. The summed E-state index contributed by atoms with van der Waals surface area (Å²) in [7, 11) is -3.38. The first kappa shape index (κ1) is 13.1. The highest BCUT2D eigenvalue weighted by atomic mass is 32.2. The number of anilines is 1. The van der Waals surface area contributed by atoms with Crippen LogP contribution in [0, 0.1) is 0 Å². The van der Waals surface area contributed by atoms with Gasteiger partial charge in [-0.05, 0) is 17.7 Å². The standard InChI is InChI=1S/C13H15N3O3S/c1-13(2)6-11(17)14-8-5-10-9(4-7(8)13)15-12(16-10)20(3,18)19/h4-5H,6H2,1-3H3,(H,14,17)(H,15,16). The number of carbonyl (C=O) groups is 1. The molecule has 0 spiro atoms. The number of aromatic amines is 1. The number of imidazole rings is 1. The van der Waals surface area contributed by atoms with Crippen LogP contribution in [0.1, 0.15) is 25.8 Å². The van der Waals surface area contributed by atoms with E-state index in [0.29, 0.717) is 23.1 Å². The molecule has 7 heteroatoms.